The van der Waals surface area contributed by atoms with Crippen molar-refractivity contribution in [3.05, 3.63) is 28.8 Å². The highest BCUT2D eigenvalue weighted by Gasteiger charge is 2.22. The molecule has 0 aromatic heterocycles. The smallest absolute Gasteiger partial charge is 0.339 e. The molecule has 7 heteroatoms. The van der Waals surface area contributed by atoms with Crippen LogP contribution in [0.3, 0.4) is 0 Å². The second-order valence-electron chi connectivity index (χ2n) is 6.15. The van der Waals surface area contributed by atoms with E-state index in [4.69, 9.17) is 11.6 Å². The van der Waals surface area contributed by atoms with Crippen LogP contribution in [0.5, 0.6) is 0 Å². The van der Waals surface area contributed by atoms with Crippen LogP contribution in [0.15, 0.2) is 18.2 Å². The van der Waals surface area contributed by atoms with Crippen LogP contribution in [0, 0.1) is 0 Å². The number of nitrogens with one attached hydrogen (secondary N) is 1. The van der Waals surface area contributed by atoms with E-state index in [1.54, 1.807) is 18.2 Å². The van der Waals surface area contributed by atoms with Crippen LogP contribution in [0.2, 0.25) is 5.02 Å². The molecule has 0 bridgehead atoms. The number of benzene rings is 1. The van der Waals surface area contributed by atoms with Gasteiger partial charge in [-0.15, -0.1) is 0 Å². The maximum Gasteiger partial charge on any atom is 0.339 e. The molecule has 1 N–H and O–H groups in total. The molecule has 1 fully saturated rings. The number of hydrogen-bond donors (Lipinski definition) is 1. The number of carbonyl (C=O) groups excluding carboxylic acids is 2. The number of ether oxygens (including phenoxy) is 1. The molecule has 0 saturated carbocycles. The molecule has 1 aliphatic heterocycles. The Kier molecular flexibility index (Phi) is 6.45. The highest BCUT2D eigenvalue weighted by Crippen LogP contribution is 2.22. The van der Waals surface area contributed by atoms with Crippen molar-refractivity contribution in [3.8, 4) is 0 Å². The summed E-state index contributed by atoms with van der Waals surface area (Å²) in [6.45, 7) is 1.47. The lowest BCUT2D eigenvalue weighted by Crippen LogP contribution is -2.36. The summed E-state index contributed by atoms with van der Waals surface area (Å²) in [7, 11) is 5.45. The Balaban J connectivity index is 1.99. The molecule has 1 atom stereocenters. The van der Waals surface area contributed by atoms with Crippen LogP contribution in [0.1, 0.15) is 29.6 Å². The van der Waals surface area contributed by atoms with E-state index < -0.39 is 5.97 Å². The fourth-order valence-corrected chi connectivity index (χ4v) is 3.13. The average molecular weight is 354 g/mol. The van der Waals surface area contributed by atoms with Gasteiger partial charge in [0.1, 0.15) is 0 Å². The fraction of sp³-hybridized carbons (Fsp3) is 0.529. The molecule has 1 heterocycles. The van der Waals surface area contributed by atoms with Crippen LogP contribution in [0.4, 0.5) is 10.5 Å². The average Bonchev–Trinajstić information content (AvgIpc) is 2.80. The summed E-state index contributed by atoms with van der Waals surface area (Å²) in [6, 6.07) is 5.13. The molecule has 1 saturated heterocycles. The number of hydrogen-bond acceptors (Lipinski definition) is 4. The van der Waals surface area contributed by atoms with E-state index in [0.29, 0.717) is 11.7 Å². The third kappa shape index (κ3) is 4.61. The zero-order valence-corrected chi connectivity index (χ0v) is 15.1. The lowest BCUT2D eigenvalue weighted by Gasteiger charge is -2.23. The maximum atomic E-state index is 12.4. The summed E-state index contributed by atoms with van der Waals surface area (Å²) in [6.07, 6.45) is 3.04. The molecule has 0 radical (unpaired) electrons. The molecule has 2 amide bonds. The molecular formula is C17H24ClN3O3. The number of carbonyl (C=O) groups is 2. The predicted octanol–water partition coefficient (Wildman–Crippen LogP) is 3.07. The van der Waals surface area contributed by atoms with Crippen LogP contribution in [-0.2, 0) is 4.74 Å². The summed E-state index contributed by atoms with van der Waals surface area (Å²) in [5.41, 5.74) is 0.840. The summed E-state index contributed by atoms with van der Waals surface area (Å²) in [5, 5.41) is 3.10. The monoisotopic (exact) mass is 353 g/mol. The van der Waals surface area contributed by atoms with Crippen LogP contribution in [-0.4, -0.2) is 62.1 Å². The minimum atomic E-state index is -0.500. The van der Waals surface area contributed by atoms with E-state index in [1.165, 1.54) is 7.11 Å². The first-order valence-electron chi connectivity index (χ1n) is 8.02. The number of rotatable bonds is 3. The van der Waals surface area contributed by atoms with Gasteiger partial charge in [-0.25, -0.2) is 9.59 Å². The molecule has 1 aromatic carbocycles. The van der Waals surface area contributed by atoms with Gasteiger partial charge >= 0.3 is 12.0 Å². The van der Waals surface area contributed by atoms with Crippen molar-refractivity contribution in [3.63, 3.8) is 0 Å². The second-order valence-corrected chi connectivity index (χ2v) is 6.56. The normalized spacial score (nSPS) is 18.2. The van der Waals surface area contributed by atoms with E-state index in [-0.39, 0.29) is 16.6 Å². The Morgan fingerprint density at radius 3 is 2.67 bits per heavy atom. The van der Waals surface area contributed by atoms with E-state index in [0.717, 1.165) is 32.4 Å². The van der Waals surface area contributed by atoms with Crippen molar-refractivity contribution >= 4 is 29.3 Å². The van der Waals surface area contributed by atoms with E-state index in [9.17, 15) is 9.59 Å². The third-order valence-electron chi connectivity index (χ3n) is 4.34. The van der Waals surface area contributed by atoms with Crippen molar-refractivity contribution in [2.24, 2.45) is 0 Å². The first kappa shape index (κ1) is 18.5. The molecular weight excluding hydrogens is 330 g/mol. The predicted molar refractivity (Wildman–Crippen MR) is 94.7 cm³/mol. The molecule has 2 rings (SSSR count). The quantitative estimate of drug-likeness (QED) is 0.848. The van der Waals surface area contributed by atoms with Gasteiger partial charge in [-0.3, -0.25) is 0 Å². The molecule has 0 unspecified atom stereocenters. The van der Waals surface area contributed by atoms with Crippen molar-refractivity contribution in [1.82, 2.24) is 9.80 Å². The Hall–Kier alpha value is -1.79. The van der Waals surface area contributed by atoms with Gasteiger partial charge in [-0.05, 0) is 51.6 Å². The van der Waals surface area contributed by atoms with Gasteiger partial charge < -0.3 is 19.9 Å². The number of esters is 1. The first-order chi connectivity index (χ1) is 11.4. The topological polar surface area (TPSA) is 61.9 Å². The Morgan fingerprint density at radius 1 is 1.29 bits per heavy atom. The first-order valence-corrected chi connectivity index (χ1v) is 8.40. The summed E-state index contributed by atoms with van der Waals surface area (Å²) < 4.78 is 4.65. The van der Waals surface area contributed by atoms with Gasteiger partial charge in [0.2, 0.25) is 0 Å². The lowest BCUT2D eigenvalue weighted by atomic mass is 10.1. The number of methoxy groups -OCH3 is 1. The van der Waals surface area contributed by atoms with Crippen molar-refractivity contribution < 1.29 is 14.3 Å². The van der Waals surface area contributed by atoms with E-state index >= 15 is 0 Å². The molecule has 0 spiro atoms. The number of anilines is 1. The largest absolute Gasteiger partial charge is 0.465 e. The number of nitrogens with zero attached hydrogens (tertiary/aromatic N) is 2. The molecule has 24 heavy (non-hydrogen) atoms. The highest BCUT2D eigenvalue weighted by atomic mass is 35.5. The third-order valence-corrected chi connectivity index (χ3v) is 4.65. The van der Waals surface area contributed by atoms with Crippen LogP contribution in [0.25, 0.3) is 0 Å². The standard InChI is InChI=1S/C17H24ClN3O3/c1-20(2)13-5-4-9-21(10-8-13)17(23)19-12-6-7-14(15(18)11-12)16(22)24-3/h6-7,11,13H,4-5,8-10H2,1-3H3,(H,19,23)/t13-/m1/s1. The molecule has 1 aromatic rings. The summed E-state index contributed by atoms with van der Waals surface area (Å²) >= 11 is 6.08. The zero-order valence-electron chi connectivity index (χ0n) is 14.3. The fourth-order valence-electron chi connectivity index (χ4n) is 2.87. The Bertz CT molecular complexity index is 607. The minimum Gasteiger partial charge on any atom is -0.465 e. The highest BCUT2D eigenvalue weighted by molar-refractivity contribution is 6.33. The Morgan fingerprint density at radius 2 is 2.04 bits per heavy atom. The van der Waals surface area contributed by atoms with E-state index in [2.05, 4.69) is 29.0 Å². The lowest BCUT2D eigenvalue weighted by molar-refractivity contribution is 0.0601. The Labute approximate surface area is 147 Å². The SMILES string of the molecule is COC(=O)c1ccc(NC(=O)N2CCC[C@@H](N(C)C)CC2)cc1Cl. The summed E-state index contributed by atoms with van der Waals surface area (Å²) in [4.78, 5) is 28.0. The van der Waals surface area contributed by atoms with Crippen molar-refractivity contribution in [1.29, 1.82) is 0 Å². The van der Waals surface area contributed by atoms with Crippen molar-refractivity contribution in [2.45, 2.75) is 25.3 Å². The zero-order chi connectivity index (χ0) is 17.7. The number of urea groups is 1. The van der Waals surface area contributed by atoms with Crippen molar-refractivity contribution in [2.75, 3.05) is 39.6 Å². The van der Waals surface area contributed by atoms with Gasteiger partial charge in [0.25, 0.3) is 0 Å². The van der Waals surface area contributed by atoms with Gasteiger partial charge in [0, 0.05) is 24.8 Å². The van der Waals surface area contributed by atoms with Gasteiger partial charge in [0.15, 0.2) is 0 Å². The second kappa shape index (κ2) is 8.35. The van der Waals surface area contributed by atoms with E-state index in [1.807, 2.05) is 4.90 Å². The maximum absolute atomic E-state index is 12.4. The molecule has 1 aliphatic rings. The van der Waals surface area contributed by atoms with Crippen LogP contribution < -0.4 is 5.32 Å². The van der Waals surface area contributed by atoms with Crippen LogP contribution >= 0.6 is 11.6 Å². The summed E-state index contributed by atoms with van der Waals surface area (Å²) in [5.74, 6) is -0.500. The van der Waals surface area contributed by atoms with Gasteiger partial charge in [0.05, 0.1) is 17.7 Å². The van der Waals surface area contributed by atoms with Gasteiger partial charge in [-0.2, -0.15) is 0 Å². The molecule has 6 nitrogen and oxygen atoms in total. The molecule has 132 valence electrons. The number of likely N-dealkylation sites (tertiary alicyclic amines) is 1. The number of halogens is 1. The molecule has 0 aliphatic carbocycles. The van der Waals surface area contributed by atoms with Gasteiger partial charge in [-0.1, -0.05) is 11.6 Å². The number of amides is 2. The minimum absolute atomic E-state index is 0.142.